The van der Waals surface area contributed by atoms with Crippen LogP contribution in [0.25, 0.3) is 10.9 Å². The number of ether oxygens (including phenoxy) is 1. The van der Waals surface area contributed by atoms with Crippen LogP contribution in [0, 0.1) is 0 Å². The van der Waals surface area contributed by atoms with Gasteiger partial charge in [0, 0.05) is 61.2 Å². The Morgan fingerprint density at radius 3 is 2.51 bits per heavy atom. The fourth-order valence-corrected chi connectivity index (χ4v) is 5.51. The Kier molecular flexibility index (Phi) is 6.05. The molecule has 3 heterocycles. The highest BCUT2D eigenvalue weighted by Gasteiger charge is 2.47. The predicted octanol–water partition coefficient (Wildman–Crippen LogP) is 4.47. The van der Waals surface area contributed by atoms with Crippen molar-refractivity contribution in [1.82, 2.24) is 14.4 Å². The fourth-order valence-electron chi connectivity index (χ4n) is 5.35. The van der Waals surface area contributed by atoms with Crippen molar-refractivity contribution >= 4 is 40.3 Å². The molecule has 7 nitrogen and oxygen atoms in total. The van der Waals surface area contributed by atoms with E-state index in [-0.39, 0.29) is 24.3 Å². The van der Waals surface area contributed by atoms with E-state index in [4.69, 9.17) is 16.3 Å². The maximum atomic E-state index is 13.6. The molecule has 2 aliphatic rings. The summed E-state index contributed by atoms with van der Waals surface area (Å²) in [5.74, 6) is -0.399. The Morgan fingerprint density at radius 2 is 1.80 bits per heavy atom. The Labute approximate surface area is 209 Å². The van der Waals surface area contributed by atoms with Crippen molar-refractivity contribution in [2.24, 2.45) is 0 Å². The van der Waals surface area contributed by atoms with Gasteiger partial charge in [0.2, 0.25) is 5.91 Å². The predicted molar refractivity (Wildman–Crippen MR) is 134 cm³/mol. The van der Waals surface area contributed by atoms with Gasteiger partial charge >= 0.3 is 5.97 Å². The largest absolute Gasteiger partial charge is 0.450 e. The number of hydrogen-bond donors (Lipinski definition) is 0. The molecule has 8 heteroatoms. The standard InChI is InChI=1S/C27H28ClN3O4/c1-3-29(4-2)24(32)17-31-16-21(19-10-9-18(28)15-23(19)31)25(33)30-13-11-27(12-14-30)22-8-6-5-7-20(22)26(34)35-27/h5-10,15-16H,3-4,11-14,17H2,1-2H3. The van der Waals surface area contributed by atoms with Crippen LogP contribution in [0.5, 0.6) is 0 Å². The maximum absolute atomic E-state index is 13.6. The first-order valence-electron chi connectivity index (χ1n) is 12.0. The number of nitrogens with zero attached hydrogens (tertiary/aromatic N) is 3. The minimum atomic E-state index is -0.665. The number of fused-ring (bicyclic) bond motifs is 3. The van der Waals surface area contributed by atoms with Crippen LogP contribution >= 0.6 is 11.6 Å². The molecule has 1 aromatic heterocycles. The van der Waals surface area contributed by atoms with Crippen molar-refractivity contribution in [2.45, 2.75) is 38.8 Å². The van der Waals surface area contributed by atoms with Gasteiger partial charge in [-0.2, -0.15) is 0 Å². The summed E-state index contributed by atoms with van der Waals surface area (Å²) in [5.41, 5.74) is 2.17. The van der Waals surface area contributed by atoms with Crippen molar-refractivity contribution in [3.05, 3.63) is 70.4 Å². The number of likely N-dealkylation sites (tertiary alicyclic amines) is 1. The molecule has 1 fully saturated rings. The maximum Gasteiger partial charge on any atom is 0.339 e. The van der Waals surface area contributed by atoms with Crippen LogP contribution in [0.1, 0.15) is 53.0 Å². The Hall–Kier alpha value is -3.32. The van der Waals surface area contributed by atoms with Crippen LogP contribution in [0.2, 0.25) is 5.02 Å². The fraction of sp³-hybridized carbons (Fsp3) is 0.370. The Morgan fingerprint density at radius 1 is 1.09 bits per heavy atom. The number of benzene rings is 2. The van der Waals surface area contributed by atoms with E-state index in [0.29, 0.717) is 55.2 Å². The summed E-state index contributed by atoms with van der Waals surface area (Å²) in [6.07, 6.45) is 2.86. The van der Waals surface area contributed by atoms with E-state index in [1.807, 2.05) is 42.7 Å². The van der Waals surface area contributed by atoms with Crippen LogP contribution in [-0.2, 0) is 21.7 Å². The Bertz CT molecular complexity index is 1320. The highest BCUT2D eigenvalue weighted by atomic mass is 35.5. The minimum Gasteiger partial charge on any atom is -0.450 e. The highest BCUT2D eigenvalue weighted by molar-refractivity contribution is 6.31. The Balaban J connectivity index is 1.40. The van der Waals surface area contributed by atoms with Crippen molar-refractivity contribution in [3.8, 4) is 0 Å². The molecule has 5 rings (SSSR count). The SMILES string of the molecule is CCN(CC)C(=O)Cn1cc(C(=O)N2CCC3(CC2)OC(=O)c2ccccc23)c2ccc(Cl)cc21. The molecule has 182 valence electrons. The van der Waals surface area contributed by atoms with E-state index in [9.17, 15) is 14.4 Å². The molecule has 35 heavy (non-hydrogen) atoms. The van der Waals surface area contributed by atoms with Crippen LogP contribution in [-0.4, -0.2) is 58.3 Å². The first kappa shape index (κ1) is 23.4. The van der Waals surface area contributed by atoms with Crippen molar-refractivity contribution in [3.63, 3.8) is 0 Å². The molecule has 1 saturated heterocycles. The number of carbonyl (C=O) groups is 3. The van der Waals surface area contributed by atoms with E-state index in [1.54, 1.807) is 34.2 Å². The quantitative estimate of drug-likeness (QED) is 0.492. The van der Waals surface area contributed by atoms with Gasteiger partial charge in [-0.05, 0) is 32.0 Å². The van der Waals surface area contributed by atoms with Gasteiger partial charge in [0.1, 0.15) is 12.1 Å². The van der Waals surface area contributed by atoms with Gasteiger partial charge in [-0.15, -0.1) is 0 Å². The molecule has 0 radical (unpaired) electrons. The molecule has 0 atom stereocenters. The van der Waals surface area contributed by atoms with Crippen molar-refractivity contribution in [1.29, 1.82) is 0 Å². The van der Waals surface area contributed by atoms with Gasteiger partial charge < -0.3 is 19.1 Å². The van der Waals surface area contributed by atoms with Crippen molar-refractivity contribution < 1.29 is 19.1 Å². The second-order valence-electron chi connectivity index (χ2n) is 9.12. The molecule has 2 aromatic carbocycles. The second kappa shape index (κ2) is 9.04. The average Bonchev–Trinajstić information content (AvgIpc) is 3.35. The van der Waals surface area contributed by atoms with Crippen LogP contribution in [0.15, 0.2) is 48.7 Å². The first-order valence-corrected chi connectivity index (χ1v) is 12.4. The molecule has 0 unspecified atom stereocenters. The highest BCUT2D eigenvalue weighted by Crippen LogP contribution is 2.44. The lowest BCUT2D eigenvalue weighted by atomic mass is 9.83. The zero-order valence-corrected chi connectivity index (χ0v) is 20.7. The van der Waals surface area contributed by atoms with Gasteiger partial charge in [0.05, 0.1) is 16.6 Å². The molecular weight excluding hydrogens is 466 g/mol. The average molecular weight is 494 g/mol. The lowest BCUT2D eigenvalue weighted by Crippen LogP contribution is -2.45. The smallest absolute Gasteiger partial charge is 0.339 e. The second-order valence-corrected chi connectivity index (χ2v) is 9.56. The zero-order chi connectivity index (χ0) is 24.7. The molecule has 0 N–H and O–H groups in total. The van der Waals surface area contributed by atoms with Crippen LogP contribution in [0.3, 0.4) is 0 Å². The zero-order valence-electron chi connectivity index (χ0n) is 19.9. The summed E-state index contributed by atoms with van der Waals surface area (Å²) >= 11 is 6.26. The number of rotatable bonds is 5. The summed E-state index contributed by atoms with van der Waals surface area (Å²) in [4.78, 5) is 42.4. The summed E-state index contributed by atoms with van der Waals surface area (Å²) in [5, 5.41) is 1.32. The monoisotopic (exact) mass is 493 g/mol. The normalized spacial score (nSPS) is 16.4. The molecule has 0 bridgehead atoms. The number of esters is 1. The van der Waals surface area contributed by atoms with Gasteiger partial charge in [-0.1, -0.05) is 35.9 Å². The van der Waals surface area contributed by atoms with E-state index in [1.165, 1.54) is 0 Å². The number of amides is 2. The minimum absolute atomic E-state index is 0.00694. The molecule has 0 saturated carbocycles. The van der Waals surface area contributed by atoms with Crippen LogP contribution < -0.4 is 0 Å². The number of likely N-dealkylation sites (N-methyl/N-ethyl adjacent to an activating group) is 1. The molecule has 2 aliphatic heterocycles. The van der Waals surface area contributed by atoms with Crippen LogP contribution in [0.4, 0.5) is 0 Å². The van der Waals surface area contributed by atoms with Gasteiger partial charge in [0.25, 0.3) is 5.91 Å². The number of carbonyl (C=O) groups excluding carboxylic acids is 3. The van der Waals surface area contributed by atoms with Gasteiger partial charge in [-0.3, -0.25) is 9.59 Å². The third-order valence-corrected chi connectivity index (χ3v) is 7.52. The summed E-state index contributed by atoms with van der Waals surface area (Å²) in [6, 6.07) is 12.9. The number of hydrogen-bond acceptors (Lipinski definition) is 4. The lowest BCUT2D eigenvalue weighted by molar-refractivity contribution is -0.131. The summed E-state index contributed by atoms with van der Waals surface area (Å²) < 4.78 is 7.65. The number of halogens is 1. The summed E-state index contributed by atoms with van der Waals surface area (Å²) in [6.45, 7) is 6.24. The van der Waals surface area contributed by atoms with E-state index < -0.39 is 5.60 Å². The first-order chi connectivity index (χ1) is 16.9. The van der Waals surface area contributed by atoms with E-state index >= 15 is 0 Å². The lowest BCUT2D eigenvalue weighted by Gasteiger charge is -2.38. The van der Waals surface area contributed by atoms with E-state index in [0.717, 1.165) is 16.5 Å². The number of aromatic nitrogens is 1. The summed E-state index contributed by atoms with van der Waals surface area (Å²) in [7, 11) is 0. The van der Waals surface area contributed by atoms with Crippen molar-refractivity contribution in [2.75, 3.05) is 26.2 Å². The molecule has 2 amide bonds. The van der Waals surface area contributed by atoms with Gasteiger partial charge in [-0.25, -0.2) is 4.79 Å². The third kappa shape index (κ3) is 3.97. The van der Waals surface area contributed by atoms with E-state index in [2.05, 4.69) is 0 Å². The molecular formula is C27H28ClN3O4. The molecule has 0 aliphatic carbocycles. The van der Waals surface area contributed by atoms with Gasteiger partial charge in [0.15, 0.2) is 0 Å². The third-order valence-electron chi connectivity index (χ3n) is 7.28. The molecule has 3 aromatic rings. The molecule has 1 spiro atoms. The number of piperidine rings is 1. The topological polar surface area (TPSA) is 71.8 Å².